The van der Waals surface area contributed by atoms with Gasteiger partial charge >= 0.3 is 12.1 Å². The van der Waals surface area contributed by atoms with E-state index in [-0.39, 0.29) is 11.8 Å². The van der Waals surface area contributed by atoms with Crippen molar-refractivity contribution in [3.05, 3.63) is 18.0 Å². The number of rotatable bonds is 6. The lowest BCUT2D eigenvalue weighted by Crippen LogP contribution is -2.46. The molecule has 2 aliphatic rings. The van der Waals surface area contributed by atoms with Crippen LogP contribution < -0.4 is 4.72 Å². The van der Waals surface area contributed by atoms with E-state index in [2.05, 4.69) is 25.5 Å². The van der Waals surface area contributed by atoms with Gasteiger partial charge in [-0.05, 0) is 32.3 Å². The minimum Gasteiger partial charge on any atom is -0.475 e. The van der Waals surface area contributed by atoms with Crippen LogP contribution in [0.15, 0.2) is 12.3 Å². The van der Waals surface area contributed by atoms with E-state index in [0.717, 1.165) is 45.6 Å². The van der Waals surface area contributed by atoms with Gasteiger partial charge in [0.05, 0.1) is 17.5 Å². The maximum absolute atomic E-state index is 11.6. The van der Waals surface area contributed by atoms with Crippen LogP contribution >= 0.6 is 0 Å². The maximum Gasteiger partial charge on any atom is 0.490 e. The Morgan fingerprint density at radius 1 is 1.37 bits per heavy atom. The average molecular weight is 456 g/mol. The lowest BCUT2D eigenvalue weighted by Gasteiger charge is -2.40. The van der Waals surface area contributed by atoms with Crippen LogP contribution in [0.1, 0.15) is 37.9 Å². The van der Waals surface area contributed by atoms with Crippen molar-refractivity contribution in [2.24, 2.45) is 0 Å². The number of sulfonamides is 1. The Bertz CT molecular complexity index is 794. The van der Waals surface area contributed by atoms with Crippen LogP contribution in [0.25, 0.3) is 0 Å². The van der Waals surface area contributed by atoms with Crippen LogP contribution in [-0.2, 0) is 26.1 Å². The Kier molecular flexibility index (Phi) is 8.64. The normalized spacial score (nSPS) is 20.9. The van der Waals surface area contributed by atoms with E-state index in [1.54, 1.807) is 6.92 Å². The Morgan fingerprint density at radius 3 is 2.57 bits per heavy atom. The van der Waals surface area contributed by atoms with E-state index >= 15 is 0 Å². The van der Waals surface area contributed by atoms with E-state index in [0.29, 0.717) is 12.6 Å². The first-order valence-electron chi connectivity index (χ1n) is 9.65. The fourth-order valence-corrected chi connectivity index (χ4v) is 4.07. The predicted molar refractivity (Wildman–Crippen MR) is 101 cm³/mol. The van der Waals surface area contributed by atoms with Gasteiger partial charge in [0.15, 0.2) is 0 Å². The average Bonchev–Trinajstić information content (AvgIpc) is 3.17. The Morgan fingerprint density at radius 2 is 2.00 bits per heavy atom. The lowest BCUT2D eigenvalue weighted by molar-refractivity contribution is -0.192. The third-order valence-electron chi connectivity index (χ3n) is 5.04. The highest BCUT2D eigenvalue weighted by atomic mass is 32.2. The molecule has 0 radical (unpaired) electrons. The zero-order valence-corrected chi connectivity index (χ0v) is 17.5. The molecular weight excluding hydrogens is 429 g/mol. The Labute approximate surface area is 173 Å². The molecule has 2 aliphatic heterocycles. The Hall–Kier alpha value is -1.70. The summed E-state index contributed by atoms with van der Waals surface area (Å²) in [6.45, 7) is 5.63. The van der Waals surface area contributed by atoms with E-state index in [1.165, 1.54) is 5.69 Å². The molecule has 0 aliphatic carbocycles. The zero-order chi connectivity index (χ0) is 22.4. The molecule has 1 aromatic heterocycles. The first kappa shape index (κ1) is 24.6. The second-order valence-corrected chi connectivity index (χ2v) is 9.18. The summed E-state index contributed by atoms with van der Waals surface area (Å²) < 4.78 is 65.1. The van der Waals surface area contributed by atoms with E-state index in [9.17, 15) is 21.6 Å². The topological polar surface area (TPSA) is 114 Å². The van der Waals surface area contributed by atoms with Gasteiger partial charge in [-0.1, -0.05) is 0 Å². The summed E-state index contributed by atoms with van der Waals surface area (Å²) >= 11 is 0. The third kappa shape index (κ3) is 7.22. The predicted octanol–water partition coefficient (Wildman–Crippen LogP) is 1.38. The molecule has 30 heavy (non-hydrogen) atoms. The number of nitrogens with zero attached hydrogens (tertiary/aromatic N) is 3. The SMILES string of the molecule is CCS(=O)(=O)NCCC1CN(C2CCOCC2)Cc2ccnn21.O=C(O)C(F)(F)F. The number of carboxylic acid groups (broad SMARTS) is 1. The molecule has 3 rings (SSSR count). The second-order valence-electron chi connectivity index (χ2n) is 7.08. The third-order valence-corrected chi connectivity index (χ3v) is 6.44. The summed E-state index contributed by atoms with van der Waals surface area (Å²) in [5.74, 6) is -2.63. The highest BCUT2D eigenvalue weighted by Crippen LogP contribution is 2.27. The standard InChI is InChI=1S/C15H26N4O3S.C2HF3O2/c1-2-23(20,21)17-8-4-15-12-18(13-5-9-22-10-6-13)11-14-3-7-16-19(14)15;3-2(4,5)1(6)7/h3,7,13,15,17H,2,4-6,8-12H2,1H3;(H,6,7). The molecule has 13 heteroatoms. The molecule has 0 amide bonds. The molecule has 3 heterocycles. The maximum atomic E-state index is 11.6. The van der Waals surface area contributed by atoms with Gasteiger partial charge < -0.3 is 9.84 Å². The highest BCUT2D eigenvalue weighted by Gasteiger charge is 2.38. The van der Waals surface area contributed by atoms with Crippen LogP contribution in [0.2, 0.25) is 0 Å². The smallest absolute Gasteiger partial charge is 0.475 e. The quantitative estimate of drug-likeness (QED) is 0.665. The molecule has 1 fully saturated rings. The number of fused-ring (bicyclic) bond motifs is 1. The molecular formula is C17H27F3N4O5S. The number of alkyl halides is 3. The van der Waals surface area contributed by atoms with Gasteiger partial charge in [-0.25, -0.2) is 17.9 Å². The van der Waals surface area contributed by atoms with Gasteiger partial charge in [0.25, 0.3) is 0 Å². The Balaban J connectivity index is 0.000000396. The second kappa shape index (κ2) is 10.6. The molecule has 1 atom stereocenters. The van der Waals surface area contributed by atoms with E-state index in [1.807, 2.05) is 6.20 Å². The van der Waals surface area contributed by atoms with Crippen molar-refractivity contribution < 1.29 is 36.2 Å². The molecule has 172 valence electrons. The van der Waals surface area contributed by atoms with Gasteiger partial charge in [0.2, 0.25) is 10.0 Å². The number of aliphatic carboxylic acids is 1. The monoisotopic (exact) mass is 456 g/mol. The van der Waals surface area contributed by atoms with Crippen molar-refractivity contribution in [3.63, 3.8) is 0 Å². The first-order chi connectivity index (χ1) is 14.0. The molecule has 2 N–H and O–H groups in total. The largest absolute Gasteiger partial charge is 0.490 e. The number of aromatic nitrogens is 2. The van der Waals surface area contributed by atoms with Crippen LogP contribution in [-0.4, -0.2) is 78.4 Å². The van der Waals surface area contributed by atoms with Crippen molar-refractivity contribution in [2.45, 2.75) is 51.0 Å². The number of carboxylic acids is 1. The van der Waals surface area contributed by atoms with Crippen LogP contribution in [0.3, 0.4) is 0 Å². The molecule has 1 aromatic rings. The number of ether oxygens (including phenoxy) is 1. The van der Waals surface area contributed by atoms with Crippen molar-refractivity contribution in [1.29, 1.82) is 0 Å². The first-order valence-corrected chi connectivity index (χ1v) is 11.3. The van der Waals surface area contributed by atoms with Crippen molar-refractivity contribution >= 4 is 16.0 Å². The summed E-state index contributed by atoms with van der Waals surface area (Å²) in [6, 6.07) is 2.84. The fourth-order valence-electron chi connectivity index (χ4n) is 3.44. The molecule has 9 nitrogen and oxygen atoms in total. The summed E-state index contributed by atoms with van der Waals surface area (Å²) in [4.78, 5) is 11.4. The minimum absolute atomic E-state index is 0.124. The summed E-state index contributed by atoms with van der Waals surface area (Å²) in [7, 11) is -3.13. The van der Waals surface area contributed by atoms with Crippen LogP contribution in [0, 0.1) is 0 Å². The van der Waals surface area contributed by atoms with Crippen molar-refractivity contribution in [3.8, 4) is 0 Å². The fraction of sp³-hybridized carbons (Fsp3) is 0.765. The molecule has 1 unspecified atom stereocenters. The molecule has 0 bridgehead atoms. The molecule has 0 spiro atoms. The summed E-state index contributed by atoms with van der Waals surface area (Å²) in [5.41, 5.74) is 1.21. The van der Waals surface area contributed by atoms with E-state index in [4.69, 9.17) is 14.6 Å². The summed E-state index contributed by atoms with van der Waals surface area (Å²) in [5, 5.41) is 11.6. The number of nitrogens with one attached hydrogen (secondary N) is 1. The number of halogens is 3. The van der Waals surface area contributed by atoms with Crippen LogP contribution in [0.5, 0.6) is 0 Å². The van der Waals surface area contributed by atoms with Gasteiger partial charge in [-0.2, -0.15) is 18.3 Å². The zero-order valence-electron chi connectivity index (χ0n) is 16.6. The molecule has 1 saturated heterocycles. The summed E-state index contributed by atoms with van der Waals surface area (Å²) in [6.07, 6.45) is -0.341. The van der Waals surface area contributed by atoms with Gasteiger partial charge in [-0.15, -0.1) is 0 Å². The number of hydrogen-bond donors (Lipinski definition) is 2. The number of hydrogen-bond acceptors (Lipinski definition) is 6. The molecule has 0 saturated carbocycles. The van der Waals surface area contributed by atoms with E-state index < -0.39 is 22.2 Å². The van der Waals surface area contributed by atoms with Gasteiger partial charge in [0.1, 0.15) is 0 Å². The van der Waals surface area contributed by atoms with Gasteiger partial charge in [-0.3, -0.25) is 9.58 Å². The lowest BCUT2D eigenvalue weighted by atomic mass is 10.0. The number of carbonyl (C=O) groups is 1. The molecule has 0 aromatic carbocycles. The van der Waals surface area contributed by atoms with Crippen molar-refractivity contribution in [1.82, 2.24) is 19.4 Å². The van der Waals surface area contributed by atoms with Crippen LogP contribution in [0.4, 0.5) is 13.2 Å². The minimum atomic E-state index is -5.08. The van der Waals surface area contributed by atoms with Crippen molar-refractivity contribution in [2.75, 3.05) is 32.1 Å². The van der Waals surface area contributed by atoms with Gasteiger partial charge in [0, 0.05) is 45.1 Å². The highest BCUT2D eigenvalue weighted by molar-refractivity contribution is 7.89.